The van der Waals surface area contributed by atoms with Gasteiger partial charge in [-0.05, 0) is 35.3 Å². The number of hydrogen-bond donors (Lipinski definition) is 0. The molecule has 86 valence electrons. The lowest BCUT2D eigenvalue weighted by atomic mass is 10.0. The molecule has 1 rings (SSSR count). The molecule has 0 aliphatic carbocycles. The van der Waals surface area contributed by atoms with E-state index >= 15 is 0 Å². The molecule has 16 heavy (non-hydrogen) atoms. The number of carbonyl (C=O) groups excluding carboxylic acids is 1. The van der Waals surface area contributed by atoms with Crippen LogP contribution >= 0.6 is 0 Å². The normalized spacial score (nSPS) is 11.7. The van der Waals surface area contributed by atoms with Crippen molar-refractivity contribution >= 4 is 18.0 Å². The first-order valence-electron chi connectivity index (χ1n) is 5.48. The molecule has 0 spiro atoms. The number of allylic oxidation sites excluding steroid dienone is 1. The van der Waals surface area contributed by atoms with E-state index in [0.717, 1.165) is 23.1 Å². The van der Waals surface area contributed by atoms with Gasteiger partial charge in [-0.25, -0.2) is 0 Å². The zero-order valence-electron chi connectivity index (χ0n) is 10.4. The number of anilines is 1. The molecule has 0 saturated carbocycles. The molecule has 0 heterocycles. The fourth-order valence-electron chi connectivity index (χ4n) is 1.40. The maximum Gasteiger partial charge on any atom is 0.146 e. The summed E-state index contributed by atoms with van der Waals surface area (Å²) in [6.45, 7) is 4.04. The average molecular weight is 217 g/mol. The minimum Gasteiger partial charge on any atom is -0.378 e. The van der Waals surface area contributed by atoms with E-state index in [9.17, 15) is 4.79 Å². The first-order valence-corrected chi connectivity index (χ1v) is 5.48. The summed E-state index contributed by atoms with van der Waals surface area (Å²) in [6, 6.07) is 8.16. The van der Waals surface area contributed by atoms with E-state index < -0.39 is 0 Å². The Kier molecular flexibility index (Phi) is 4.29. The standard InChI is InChI=1S/C14H19NO/c1-11(2)13(10-16)9-12-5-7-14(8-6-12)15(3)4/h5-11H,1-4H3/b13-9-. The van der Waals surface area contributed by atoms with E-state index in [2.05, 4.69) is 17.0 Å². The molecule has 1 aromatic rings. The summed E-state index contributed by atoms with van der Waals surface area (Å²) in [5, 5.41) is 0. The second-order valence-corrected chi connectivity index (χ2v) is 4.40. The van der Waals surface area contributed by atoms with Gasteiger partial charge in [-0.3, -0.25) is 4.79 Å². The van der Waals surface area contributed by atoms with Crippen LogP contribution in [0.4, 0.5) is 5.69 Å². The van der Waals surface area contributed by atoms with Crippen LogP contribution in [0.15, 0.2) is 29.8 Å². The van der Waals surface area contributed by atoms with E-state index in [1.165, 1.54) is 0 Å². The molecule has 0 radical (unpaired) electrons. The Morgan fingerprint density at radius 3 is 2.12 bits per heavy atom. The number of aldehydes is 1. The van der Waals surface area contributed by atoms with Gasteiger partial charge in [0.1, 0.15) is 6.29 Å². The van der Waals surface area contributed by atoms with E-state index in [1.807, 2.05) is 46.2 Å². The van der Waals surface area contributed by atoms with Gasteiger partial charge in [-0.15, -0.1) is 0 Å². The van der Waals surface area contributed by atoms with Crippen molar-refractivity contribution in [3.63, 3.8) is 0 Å². The van der Waals surface area contributed by atoms with E-state index in [0.29, 0.717) is 0 Å². The van der Waals surface area contributed by atoms with Crippen molar-refractivity contribution < 1.29 is 4.79 Å². The molecule has 0 saturated heterocycles. The van der Waals surface area contributed by atoms with Gasteiger partial charge in [0.2, 0.25) is 0 Å². The number of carbonyl (C=O) groups is 1. The van der Waals surface area contributed by atoms with Crippen LogP contribution in [0.5, 0.6) is 0 Å². The highest BCUT2D eigenvalue weighted by atomic mass is 16.1. The Balaban J connectivity index is 2.94. The smallest absolute Gasteiger partial charge is 0.146 e. The molecule has 1 aromatic carbocycles. The predicted octanol–water partition coefficient (Wildman–Crippen LogP) is 2.99. The average Bonchev–Trinajstić information content (AvgIpc) is 2.26. The fourth-order valence-corrected chi connectivity index (χ4v) is 1.40. The van der Waals surface area contributed by atoms with E-state index in [1.54, 1.807) is 0 Å². The van der Waals surface area contributed by atoms with Gasteiger partial charge in [0, 0.05) is 19.8 Å². The van der Waals surface area contributed by atoms with Gasteiger partial charge in [-0.2, -0.15) is 0 Å². The molecular weight excluding hydrogens is 198 g/mol. The van der Waals surface area contributed by atoms with Crippen molar-refractivity contribution in [2.75, 3.05) is 19.0 Å². The molecule has 0 N–H and O–H groups in total. The van der Waals surface area contributed by atoms with E-state index in [-0.39, 0.29) is 5.92 Å². The lowest BCUT2D eigenvalue weighted by Crippen LogP contribution is -2.07. The molecule has 2 nitrogen and oxygen atoms in total. The van der Waals surface area contributed by atoms with Crippen molar-refractivity contribution in [1.29, 1.82) is 0 Å². The maximum absolute atomic E-state index is 10.8. The topological polar surface area (TPSA) is 20.3 Å². The Labute approximate surface area is 97.6 Å². The van der Waals surface area contributed by atoms with Crippen LogP contribution in [0.1, 0.15) is 19.4 Å². The van der Waals surface area contributed by atoms with Crippen LogP contribution in [-0.4, -0.2) is 20.4 Å². The van der Waals surface area contributed by atoms with Gasteiger partial charge in [0.15, 0.2) is 0 Å². The Morgan fingerprint density at radius 2 is 1.75 bits per heavy atom. The van der Waals surface area contributed by atoms with Crippen LogP contribution in [0.3, 0.4) is 0 Å². The van der Waals surface area contributed by atoms with Crippen LogP contribution in [-0.2, 0) is 4.79 Å². The third kappa shape index (κ3) is 3.23. The van der Waals surface area contributed by atoms with Crippen molar-refractivity contribution in [3.05, 3.63) is 35.4 Å². The summed E-state index contributed by atoms with van der Waals surface area (Å²) in [6.07, 6.45) is 2.88. The number of benzene rings is 1. The molecular formula is C14H19NO. The van der Waals surface area contributed by atoms with E-state index in [4.69, 9.17) is 0 Å². The number of hydrogen-bond acceptors (Lipinski definition) is 2. The number of nitrogens with zero attached hydrogens (tertiary/aromatic N) is 1. The van der Waals surface area contributed by atoms with Gasteiger partial charge < -0.3 is 4.90 Å². The van der Waals surface area contributed by atoms with Crippen LogP contribution in [0.2, 0.25) is 0 Å². The summed E-state index contributed by atoms with van der Waals surface area (Å²) < 4.78 is 0. The molecule has 0 aliphatic rings. The first kappa shape index (κ1) is 12.5. The van der Waals surface area contributed by atoms with Crippen molar-refractivity contribution in [3.8, 4) is 0 Å². The third-order valence-electron chi connectivity index (χ3n) is 2.55. The summed E-state index contributed by atoms with van der Waals surface area (Å²) >= 11 is 0. The highest BCUT2D eigenvalue weighted by Crippen LogP contribution is 2.16. The molecule has 0 fully saturated rings. The quantitative estimate of drug-likeness (QED) is 0.571. The van der Waals surface area contributed by atoms with Crippen molar-refractivity contribution in [2.24, 2.45) is 5.92 Å². The Morgan fingerprint density at radius 1 is 1.19 bits per heavy atom. The lowest BCUT2D eigenvalue weighted by Gasteiger charge is -2.12. The molecule has 0 bridgehead atoms. The minimum absolute atomic E-state index is 0.269. The zero-order valence-corrected chi connectivity index (χ0v) is 10.4. The summed E-state index contributed by atoms with van der Waals surface area (Å²) in [4.78, 5) is 12.9. The van der Waals surface area contributed by atoms with Crippen molar-refractivity contribution in [2.45, 2.75) is 13.8 Å². The van der Waals surface area contributed by atoms with Crippen LogP contribution < -0.4 is 4.90 Å². The summed E-state index contributed by atoms with van der Waals surface area (Å²) in [5.74, 6) is 0.269. The second-order valence-electron chi connectivity index (χ2n) is 4.40. The Hall–Kier alpha value is -1.57. The maximum atomic E-state index is 10.8. The monoisotopic (exact) mass is 217 g/mol. The van der Waals surface area contributed by atoms with Gasteiger partial charge >= 0.3 is 0 Å². The molecule has 0 unspecified atom stereocenters. The molecule has 0 atom stereocenters. The van der Waals surface area contributed by atoms with Gasteiger partial charge in [-0.1, -0.05) is 26.0 Å². The lowest BCUT2D eigenvalue weighted by molar-refractivity contribution is -0.105. The summed E-state index contributed by atoms with van der Waals surface area (Å²) in [7, 11) is 4.02. The molecule has 0 aromatic heterocycles. The summed E-state index contributed by atoms with van der Waals surface area (Å²) in [5.41, 5.74) is 3.06. The second kappa shape index (κ2) is 5.50. The highest BCUT2D eigenvalue weighted by molar-refractivity contribution is 5.82. The predicted molar refractivity (Wildman–Crippen MR) is 69.6 cm³/mol. The fraction of sp³-hybridized carbons (Fsp3) is 0.357. The Bertz CT molecular complexity index is 374. The highest BCUT2D eigenvalue weighted by Gasteiger charge is 2.01. The zero-order chi connectivity index (χ0) is 12.1. The molecule has 0 aliphatic heterocycles. The largest absolute Gasteiger partial charge is 0.378 e. The van der Waals surface area contributed by atoms with Crippen LogP contribution in [0.25, 0.3) is 6.08 Å². The minimum atomic E-state index is 0.269. The molecule has 2 heteroatoms. The van der Waals surface area contributed by atoms with Gasteiger partial charge in [0.05, 0.1) is 0 Å². The first-order chi connectivity index (χ1) is 7.54. The van der Waals surface area contributed by atoms with Gasteiger partial charge in [0.25, 0.3) is 0 Å². The molecule has 0 amide bonds. The van der Waals surface area contributed by atoms with Crippen LogP contribution in [0, 0.1) is 5.92 Å². The van der Waals surface area contributed by atoms with Crippen molar-refractivity contribution in [1.82, 2.24) is 0 Å². The number of rotatable bonds is 4. The third-order valence-corrected chi connectivity index (χ3v) is 2.55. The SMILES string of the molecule is CC(C)/C(C=O)=C\c1ccc(N(C)C)cc1.